The van der Waals surface area contributed by atoms with Crippen molar-refractivity contribution >= 4 is 11.6 Å². The Bertz CT molecular complexity index is 753. The molecule has 1 saturated heterocycles. The van der Waals surface area contributed by atoms with E-state index in [4.69, 9.17) is 9.47 Å². The monoisotopic (exact) mass is 328 g/mol. The number of hydrogen-bond acceptors (Lipinski definition) is 4. The van der Waals surface area contributed by atoms with Crippen LogP contribution in [0.25, 0.3) is 0 Å². The lowest BCUT2D eigenvalue weighted by atomic mass is 10.0. The van der Waals surface area contributed by atoms with E-state index in [0.717, 1.165) is 0 Å². The Hall–Kier alpha value is -2.53. The average molecular weight is 328 g/mol. The normalized spacial score (nSPS) is 15.8. The molecule has 124 valence electrons. The van der Waals surface area contributed by atoms with Crippen molar-refractivity contribution in [2.75, 3.05) is 6.61 Å². The molecule has 0 bridgehead atoms. The topological polar surface area (TPSA) is 55.9 Å². The van der Waals surface area contributed by atoms with Crippen molar-refractivity contribution in [1.82, 2.24) is 0 Å². The van der Waals surface area contributed by atoms with Crippen LogP contribution in [0.5, 0.6) is 5.75 Å². The van der Waals surface area contributed by atoms with E-state index in [-0.39, 0.29) is 42.9 Å². The van der Waals surface area contributed by atoms with Gasteiger partial charge in [-0.05, 0) is 18.2 Å². The van der Waals surface area contributed by atoms with Gasteiger partial charge in [-0.25, -0.2) is 4.39 Å². The van der Waals surface area contributed by atoms with Crippen molar-refractivity contribution in [1.29, 1.82) is 0 Å². The summed E-state index contributed by atoms with van der Waals surface area (Å²) in [4.78, 5) is 23.7. The van der Waals surface area contributed by atoms with Gasteiger partial charge in [-0.2, -0.15) is 0 Å². The summed E-state index contributed by atoms with van der Waals surface area (Å²) >= 11 is 0. The molecule has 3 rings (SSSR count). The molecule has 0 saturated carbocycles. The first-order valence-corrected chi connectivity index (χ1v) is 7.77. The molecule has 2 aromatic carbocycles. The predicted molar refractivity (Wildman–Crippen MR) is 85.5 cm³/mol. The molecule has 1 atom stereocenters. The van der Waals surface area contributed by atoms with Crippen molar-refractivity contribution < 1.29 is 23.5 Å². The molecule has 24 heavy (non-hydrogen) atoms. The molecule has 5 heteroatoms. The van der Waals surface area contributed by atoms with Gasteiger partial charge < -0.3 is 9.47 Å². The zero-order valence-electron chi connectivity index (χ0n) is 13.0. The third kappa shape index (κ3) is 4.26. The van der Waals surface area contributed by atoms with Gasteiger partial charge in [0.25, 0.3) is 0 Å². The molecule has 1 unspecified atom stereocenters. The first-order chi connectivity index (χ1) is 11.6. The second-order valence-electron chi connectivity index (χ2n) is 5.62. The molecule has 1 aliphatic heterocycles. The highest BCUT2D eigenvalue weighted by Gasteiger charge is 2.30. The molecule has 0 spiro atoms. The van der Waals surface area contributed by atoms with Gasteiger partial charge in [-0.3, -0.25) is 9.59 Å². The SMILES string of the molecule is O=C(CCC(=O)C1CO1)c1cccc(OCc2ccccc2F)c1. The first kappa shape index (κ1) is 16.3. The molecule has 1 aliphatic rings. The summed E-state index contributed by atoms with van der Waals surface area (Å²) in [5.41, 5.74) is 0.926. The Morgan fingerprint density at radius 2 is 1.92 bits per heavy atom. The Morgan fingerprint density at radius 3 is 2.67 bits per heavy atom. The molecule has 4 nitrogen and oxygen atoms in total. The lowest BCUT2D eigenvalue weighted by molar-refractivity contribution is -0.120. The third-order valence-electron chi connectivity index (χ3n) is 3.80. The molecular formula is C19H17FO4. The average Bonchev–Trinajstić information content (AvgIpc) is 3.44. The fourth-order valence-corrected chi connectivity index (χ4v) is 2.31. The smallest absolute Gasteiger partial charge is 0.164 e. The van der Waals surface area contributed by atoms with Crippen LogP contribution in [0, 0.1) is 5.82 Å². The predicted octanol–water partition coefficient (Wildman–Crippen LogP) is 3.34. The van der Waals surface area contributed by atoms with Crippen molar-refractivity contribution in [3.63, 3.8) is 0 Å². The molecule has 2 aromatic rings. The van der Waals surface area contributed by atoms with Gasteiger partial charge in [0.2, 0.25) is 0 Å². The lowest BCUT2D eigenvalue weighted by Crippen LogP contribution is -2.09. The fraction of sp³-hybridized carbons (Fsp3) is 0.263. The molecule has 0 aliphatic carbocycles. The highest BCUT2D eigenvalue weighted by atomic mass is 19.1. The van der Waals surface area contributed by atoms with E-state index in [9.17, 15) is 14.0 Å². The summed E-state index contributed by atoms with van der Waals surface area (Å²) in [5.74, 6) is 0.00198. The number of rotatable bonds is 8. The van der Waals surface area contributed by atoms with E-state index in [0.29, 0.717) is 23.5 Å². The zero-order valence-corrected chi connectivity index (χ0v) is 13.0. The van der Waals surface area contributed by atoms with Gasteiger partial charge >= 0.3 is 0 Å². The van der Waals surface area contributed by atoms with Crippen LogP contribution in [-0.4, -0.2) is 24.3 Å². The largest absolute Gasteiger partial charge is 0.489 e. The maximum absolute atomic E-state index is 13.6. The van der Waals surface area contributed by atoms with E-state index in [1.54, 1.807) is 42.5 Å². The van der Waals surface area contributed by atoms with Crippen LogP contribution < -0.4 is 4.74 Å². The van der Waals surface area contributed by atoms with Gasteiger partial charge in [0.1, 0.15) is 24.3 Å². The first-order valence-electron chi connectivity index (χ1n) is 7.77. The van der Waals surface area contributed by atoms with Crippen LogP contribution in [0.2, 0.25) is 0 Å². The number of benzene rings is 2. The lowest BCUT2D eigenvalue weighted by Gasteiger charge is -2.08. The Kier molecular flexibility index (Phi) is 5.01. The highest BCUT2D eigenvalue weighted by Crippen LogP contribution is 2.19. The van der Waals surface area contributed by atoms with Crippen molar-refractivity contribution in [3.8, 4) is 5.75 Å². The van der Waals surface area contributed by atoms with Gasteiger partial charge in [-0.15, -0.1) is 0 Å². The van der Waals surface area contributed by atoms with Crippen LogP contribution in [0.4, 0.5) is 4.39 Å². The number of halogens is 1. The number of Topliss-reactive ketones (excluding diaryl/α,β-unsaturated/α-hetero) is 2. The van der Waals surface area contributed by atoms with E-state index >= 15 is 0 Å². The molecule has 1 fully saturated rings. The summed E-state index contributed by atoms with van der Waals surface area (Å²) < 4.78 is 24.0. The van der Waals surface area contributed by atoms with E-state index < -0.39 is 0 Å². The minimum Gasteiger partial charge on any atom is -0.489 e. The second-order valence-corrected chi connectivity index (χ2v) is 5.62. The van der Waals surface area contributed by atoms with Crippen LogP contribution in [0.1, 0.15) is 28.8 Å². The maximum Gasteiger partial charge on any atom is 0.164 e. The molecule has 0 amide bonds. The van der Waals surface area contributed by atoms with E-state index in [1.165, 1.54) is 6.07 Å². The fourth-order valence-electron chi connectivity index (χ4n) is 2.31. The van der Waals surface area contributed by atoms with Crippen LogP contribution in [0.15, 0.2) is 48.5 Å². The molecular weight excluding hydrogens is 311 g/mol. The molecule has 0 radical (unpaired) electrons. The number of ether oxygens (including phenoxy) is 2. The summed E-state index contributed by atoms with van der Waals surface area (Å²) in [5, 5.41) is 0. The van der Waals surface area contributed by atoms with Crippen molar-refractivity contribution in [3.05, 3.63) is 65.5 Å². The maximum atomic E-state index is 13.6. The minimum absolute atomic E-state index is 0.0321. The van der Waals surface area contributed by atoms with Crippen molar-refractivity contribution in [2.24, 2.45) is 0 Å². The second kappa shape index (κ2) is 7.36. The zero-order chi connectivity index (χ0) is 16.9. The van der Waals surface area contributed by atoms with E-state index in [2.05, 4.69) is 0 Å². The number of ketones is 2. The standard InChI is InChI=1S/C19H17FO4/c20-16-7-2-1-4-14(16)11-23-15-6-3-5-13(10-15)17(21)8-9-18(22)19-12-24-19/h1-7,10,19H,8-9,11-12H2. The summed E-state index contributed by atoms with van der Waals surface area (Å²) in [6.45, 7) is 0.550. The third-order valence-corrected chi connectivity index (χ3v) is 3.80. The number of hydrogen-bond donors (Lipinski definition) is 0. The van der Waals surface area contributed by atoms with Gasteiger partial charge in [0.05, 0.1) is 6.61 Å². The highest BCUT2D eigenvalue weighted by molar-refractivity contribution is 5.99. The number of epoxide rings is 1. The molecule has 0 N–H and O–H groups in total. The summed E-state index contributed by atoms with van der Waals surface area (Å²) in [7, 11) is 0. The summed E-state index contributed by atoms with van der Waals surface area (Å²) in [6, 6.07) is 13.1. The minimum atomic E-state index is -0.328. The Balaban J connectivity index is 1.57. The van der Waals surface area contributed by atoms with E-state index in [1.807, 2.05) is 0 Å². The Morgan fingerprint density at radius 1 is 1.12 bits per heavy atom. The molecule has 0 aromatic heterocycles. The van der Waals surface area contributed by atoms with Crippen molar-refractivity contribution in [2.45, 2.75) is 25.6 Å². The number of carbonyl (C=O) groups excluding carboxylic acids is 2. The van der Waals surface area contributed by atoms with Crippen LogP contribution in [0.3, 0.4) is 0 Å². The number of carbonyl (C=O) groups is 2. The molecule has 1 heterocycles. The van der Waals surface area contributed by atoms with Crippen LogP contribution >= 0.6 is 0 Å². The summed E-state index contributed by atoms with van der Waals surface area (Å²) in [6.07, 6.45) is 0.0208. The van der Waals surface area contributed by atoms with Crippen LogP contribution in [-0.2, 0) is 16.1 Å². The quantitative estimate of drug-likeness (QED) is 0.551. The van der Waals surface area contributed by atoms with Gasteiger partial charge in [0.15, 0.2) is 11.6 Å². The van der Waals surface area contributed by atoms with Gasteiger partial charge in [0, 0.05) is 24.0 Å². The Labute approximate surface area is 139 Å². The van der Waals surface area contributed by atoms with Gasteiger partial charge in [-0.1, -0.05) is 30.3 Å².